The van der Waals surface area contributed by atoms with Crippen molar-refractivity contribution >= 4 is 16.0 Å². The smallest absolute Gasteiger partial charge is 0.242 e. The topological polar surface area (TPSA) is 109 Å². The maximum absolute atomic E-state index is 12.0. The summed E-state index contributed by atoms with van der Waals surface area (Å²) in [6, 6.07) is 3.32. The predicted octanol–water partition coefficient (Wildman–Crippen LogP) is 1.48. The first kappa shape index (κ1) is 20.4. The van der Waals surface area contributed by atoms with Gasteiger partial charge in [-0.05, 0) is 31.4 Å². The lowest BCUT2D eigenvalue weighted by molar-refractivity contribution is 0.493. The van der Waals surface area contributed by atoms with E-state index in [4.69, 9.17) is 5.73 Å². The lowest BCUT2D eigenvalue weighted by atomic mass is 10.0. The molecule has 1 heterocycles. The summed E-state index contributed by atoms with van der Waals surface area (Å²) in [6.07, 6.45) is 6.20. The molecule has 1 atom stereocenters. The molecule has 0 spiro atoms. The van der Waals surface area contributed by atoms with Crippen molar-refractivity contribution in [2.24, 2.45) is 16.6 Å². The van der Waals surface area contributed by atoms with Crippen LogP contribution in [-0.2, 0) is 10.0 Å². The third kappa shape index (κ3) is 8.26. The van der Waals surface area contributed by atoms with E-state index in [0.717, 1.165) is 12.8 Å². The van der Waals surface area contributed by atoms with Crippen molar-refractivity contribution in [1.29, 1.82) is 0 Å². The van der Waals surface area contributed by atoms with Crippen molar-refractivity contribution < 1.29 is 8.42 Å². The zero-order valence-electron chi connectivity index (χ0n) is 14.7. The molecule has 1 aromatic heterocycles. The fraction of sp³-hybridized carbons (Fsp3) is 0.625. The minimum Gasteiger partial charge on any atom is -0.370 e. The Balaban J connectivity index is 2.31. The summed E-state index contributed by atoms with van der Waals surface area (Å²) in [5, 5.41) is 3.12. The van der Waals surface area contributed by atoms with Crippen molar-refractivity contribution in [2.45, 2.75) is 51.0 Å². The van der Waals surface area contributed by atoms with Crippen molar-refractivity contribution in [3.63, 3.8) is 0 Å². The van der Waals surface area contributed by atoms with Crippen LogP contribution in [0.5, 0.6) is 0 Å². The number of guanidine groups is 1. The highest BCUT2D eigenvalue weighted by Crippen LogP contribution is 2.08. The molecule has 136 valence electrons. The summed E-state index contributed by atoms with van der Waals surface area (Å²) < 4.78 is 26.4. The number of nitrogens with two attached hydrogens (primary N) is 1. The molecular weight excluding hydrogens is 326 g/mol. The van der Waals surface area contributed by atoms with E-state index in [9.17, 15) is 8.42 Å². The zero-order chi connectivity index (χ0) is 18.0. The highest BCUT2D eigenvalue weighted by molar-refractivity contribution is 7.89. The van der Waals surface area contributed by atoms with E-state index in [1.165, 1.54) is 24.9 Å². The van der Waals surface area contributed by atoms with Gasteiger partial charge in [0.2, 0.25) is 10.0 Å². The van der Waals surface area contributed by atoms with Gasteiger partial charge in [-0.3, -0.25) is 9.98 Å². The molecule has 0 saturated heterocycles. The molecule has 0 radical (unpaired) electrons. The van der Waals surface area contributed by atoms with Crippen LogP contribution >= 0.6 is 0 Å². The van der Waals surface area contributed by atoms with Gasteiger partial charge in [0.25, 0.3) is 0 Å². The summed E-state index contributed by atoms with van der Waals surface area (Å²) in [5.74, 6) is 1.05. The first-order valence-electron chi connectivity index (χ1n) is 8.27. The Bertz CT molecular complexity index is 602. The maximum atomic E-state index is 12.0. The van der Waals surface area contributed by atoms with E-state index in [1.807, 2.05) is 0 Å². The van der Waals surface area contributed by atoms with Gasteiger partial charge in [-0.1, -0.05) is 26.7 Å². The standard InChI is InChI=1S/C16H29N5O2S/c1-13(2)6-4-7-14(3)21-16(17)19-10-11-20-24(22,23)15-8-5-9-18-12-15/h5,8-9,12-14,20H,4,6-7,10-11H2,1-3H3,(H3,17,19,21). The third-order valence-electron chi connectivity index (χ3n) is 3.44. The van der Waals surface area contributed by atoms with Gasteiger partial charge in [0.05, 0.1) is 6.54 Å². The zero-order valence-corrected chi connectivity index (χ0v) is 15.5. The first-order chi connectivity index (χ1) is 11.3. The average molecular weight is 356 g/mol. The lowest BCUT2D eigenvalue weighted by Gasteiger charge is -2.15. The second-order valence-electron chi connectivity index (χ2n) is 6.22. The van der Waals surface area contributed by atoms with Gasteiger partial charge >= 0.3 is 0 Å². The molecular formula is C16H29N5O2S. The quantitative estimate of drug-likeness (QED) is 0.334. The van der Waals surface area contributed by atoms with Gasteiger partial charge in [0.1, 0.15) is 4.90 Å². The number of nitrogens with one attached hydrogen (secondary N) is 2. The average Bonchev–Trinajstić information content (AvgIpc) is 2.52. The molecule has 0 amide bonds. The van der Waals surface area contributed by atoms with E-state index in [2.05, 4.69) is 40.8 Å². The van der Waals surface area contributed by atoms with Crippen LogP contribution in [0.4, 0.5) is 0 Å². The molecule has 1 unspecified atom stereocenters. The van der Waals surface area contributed by atoms with E-state index in [0.29, 0.717) is 11.9 Å². The fourth-order valence-corrected chi connectivity index (χ4v) is 3.13. The maximum Gasteiger partial charge on any atom is 0.242 e. The number of hydrogen-bond acceptors (Lipinski definition) is 4. The summed E-state index contributed by atoms with van der Waals surface area (Å²) in [4.78, 5) is 8.08. The van der Waals surface area contributed by atoms with E-state index < -0.39 is 10.0 Å². The molecule has 0 aromatic carbocycles. The summed E-state index contributed by atoms with van der Waals surface area (Å²) in [7, 11) is -3.54. The normalized spacial score (nSPS) is 13.9. The van der Waals surface area contributed by atoms with E-state index >= 15 is 0 Å². The van der Waals surface area contributed by atoms with Crippen molar-refractivity contribution in [3.8, 4) is 0 Å². The van der Waals surface area contributed by atoms with Gasteiger partial charge in [-0.25, -0.2) is 13.1 Å². The van der Waals surface area contributed by atoms with Gasteiger partial charge in [-0.15, -0.1) is 0 Å². The molecule has 1 rings (SSSR count). The Hall–Kier alpha value is -1.67. The molecule has 0 saturated carbocycles. The number of nitrogens with zero attached hydrogens (tertiary/aromatic N) is 2. The Labute approximate surface area is 145 Å². The van der Waals surface area contributed by atoms with Gasteiger partial charge in [-0.2, -0.15) is 0 Å². The molecule has 0 aliphatic heterocycles. The number of hydrogen-bond donors (Lipinski definition) is 3. The second-order valence-corrected chi connectivity index (χ2v) is 7.99. The lowest BCUT2D eigenvalue weighted by Crippen LogP contribution is -2.39. The Morgan fingerprint density at radius 2 is 2.08 bits per heavy atom. The number of pyridine rings is 1. The molecule has 0 fully saturated rings. The van der Waals surface area contributed by atoms with E-state index in [1.54, 1.807) is 6.07 Å². The predicted molar refractivity (Wildman–Crippen MR) is 97.2 cm³/mol. The second kappa shape index (κ2) is 10.2. The molecule has 0 aliphatic carbocycles. The Morgan fingerprint density at radius 3 is 2.71 bits per heavy atom. The highest BCUT2D eigenvalue weighted by Gasteiger charge is 2.12. The monoisotopic (exact) mass is 355 g/mol. The first-order valence-corrected chi connectivity index (χ1v) is 9.75. The van der Waals surface area contributed by atoms with Crippen LogP contribution in [0.25, 0.3) is 0 Å². The SMILES string of the molecule is CC(C)CCCC(C)NC(N)=NCCNS(=O)(=O)c1cccnc1. The molecule has 0 bridgehead atoms. The van der Waals surface area contributed by atoms with Gasteiger partial charge < -0.3 is 11.1 Å². The molecule has 8 heteroatoms. The fourth-order valence-electron chi connectivity index (χ4n) is 2.15. The Kier molecular flexibility index (Phi) is 8.70. The van der Waals surface area contributed by atoms with Gasteiger partial charge in [0, 0.05) is 25.0 Å². The summed E-state index contributed by atoms with van der Waals surface area (Å²) >= 11 is 0. The minimum atomic E-state index is -3.54. The highest BCUT2D eigenvalue weighted by atomic mass is 32.2. The molecule has 7 nitrogen and oxygen atoms in total. The molecule has 1 aromatic rings. The van der Waals surface area contributed by atoms with Crippen LogP contribution in [0.2, 0.25) is 0 Å². The largest absolute Gasteiger partial charge is 0.370 e. The van der Waals surface area contributed by atoms with Crippen molar-refractivity contribution in [1.82, 2.24) is 15.0 Å². The van der Waals surface area contributed by atoms with Crippen LogP contribution in [0.1, 0.15) is 40.0 Å². The van der Waals surface area contributed by atoms with Crippen molar-refractivity contribution in [3.05, 3.63) is 24.5 Å². The van der Waals surface area contributed by atoms with Crippen LogP contribution in [-0.4, -0.2) is 38.5 Å². The van der Waals surface area contributed by atoms with Crippen LogP contribution in [0.15, 0.2) is 34.4 Å². The molecule has 24 heavy (non-hydrogen) atoms. The Morgan fingerprint density at radius 1 is 1.33 bits per heavy atom. The van der Waals surface area contributed by atoms with Crippen LogP contribution in [0, 0.1) is 5.92 Å². The molecule has 4 N–H and O–H groups in total. The van der Waals surface area contributed by atoms with Crippen LogP contribution in [0.3, 0.4) is 0 Å². The van der Waals surface area contributed by atoms with Gasteiger partial charge in [0.15, 0.2) is 5.96 Å². The van der Waals surface area contributed by atoms with Crippen molar-refractivity contribution in [2.75, 3.05) is 13.1 Å². The number of rotatable bonds is 10. The minimum absolute atomic E-state index is 0.138. The third-order valence-corrected chi connectivity index (χ3v) is 4.89. The number of aromatic nitrogens is 1. The van der Waals surface area contributed by atoms with Crippen LogP contribution < -0.4 is 15.8 Å². The summed E-state index contributed by atoms with van der Waals surface area (Å²) in [6.45, 7) is 6.94. The van der Waals surface area contributed by atoms with E-state index in [-0.39, 0.29) is 24.0 Å². The number of sulfonamides is 1. The number of aliphatic imine (C=N–C) groups is 1. The molecule has 0 aliphatic rings. The summed E-state index contributed by atoms with van der Waals surface area (Å²) in [5.41, 5.74) is 5.82.